The smallest absolute Gasteiger partial charge is 0.123 e. The van der Waals surface area contributed by atoms with Gasteiger partial charge in [-0.25, -0.2) is 4.39 Å². The van der Waals surface area contributed by atoms with Crippen LogP contribution in [-0.2, 0) is 0 Å². The minimum absolute atomic E-state index is 0.159. The van der Waals surface area contributed by atoms with Crippen LogP contribution in [0.5, 0.6) is 0 Å². The average Bonchev–Trinajstić information content (AvgIpc) is 2.86. The third-order valence-electron chi connectivity index (χ3n) is 6.06. The first-order chi connectivity index (χ1) is 9.33. The highest BCUT2D eigenvalue weighted by Crippen LogP contribution is 2.62. The summed E-state index contributed by atoms with van der Waals surface area (Å²) in [5, 5.41) is 3.85. The Morgan fingerprint density at radius 1 is 1.20 bits per heavy atom. The van der Waals surface area contributed by atoms with Crippen LogP contribution in [-0.4, -0.2) is 6.04 Å². The highest BCUT2D eigenvalue weighted by molar-refractivity contribution is 5.21. The van der Waals surface area contributed by atoms with Crippen LogP contribution in [0.3, 0.4) is 0 Å². The number of rotatable bonds is 3. The van der Waals surface area contributed by atoms with E-state index < -0.39 is 0 Å². The van der Waals surface area contributed by atoms with Crippen molar-refractivity contribution in [2.45, 2.75) is 59.0 Å². The van der Waals surface area contributed by atoms with Crippen molar-refractivity contribution >= 4 is 0 Å². The minimum atomic E-state index is -0.159. The van der Waals surface area contributed by atoms with Gasteiger partial charge in [-0.15, -0.1) is 0 Å². The summed E-state index contributed by atoms with van der Waals surface area (Å²) in [4.78, 5) is 0. The Bertz CT molecular complexity index is 488. The van der Waals surface area contributed by atoms with E-state index in [-0.39, 0.29) is 11.9 Å². The quantitative estimate of drug-likeness (QED) is 0.843. The summed E-state index contributed by atoms with van der Waals surface area (Å²) >= 11 is 0. The van der Waals surface area contributed by atoms with Gasteiger partial charge in [-0.3, -0.25) is 0 Å². The molecule has 20 heavy (non-hydrogen) atoms. The fourth-order valence-electron chi connectivity index (χ4n) is 4.82. The van der Waals surface area contributed by atoms with Crippen LogP contribution in [0.4, 0.5) is 4.39 Å². The number of hydrogen-bond donors (Lipinski definition) is 1. The zero-order valence-corrected chi connectivity index (χ0v) is 13.0. The normalized spacial score (nSPS) is 36.2. The van der Waals surface area contributed by atoms with Gasteiger partial charge >= 0.3 is 0 Å². The maximum atomic E-state index is 13.0. The molecule has 0 radical (unpaired) electrons. The molecule has 2 saturated carbocycles. The monoisotopic (exact) mass is 275 g/mol. The van der Waals surface area contributed by atoms with Crippen molar-refractivity contribution in [2.24, 2.45) is 16.7 Å². The molecular weight excluding hydrogens is 249 g/mol. The molecule has 0 heterocycles. The Morgan fingerprint density at radius 3 is 2.40 bits per heavy atom. The molecule has 0 amide bonds. The average molecular weight is 275 g/mol. The molecule has 1 N–H and O–H groups in total. The van der Waals surface area contributed by atoms with Gasteiger partial charge in [-0.2, -0.15) is 0 Å². The predicted molar refractivity (Wildman–Crippen MR) is 81.0 cm³/mol. The second-order valence-electron chi connectivity index (χ2n) is 7.79. The number of halogens is 1. The summed E-state index contributed by atoms with van der Waals surface area (Å²) in [5.41, 5.74) is 1.97. The number of nitrogens with one attached hydrogen (secondary N) is 1. The first-order valence-corrected chi connectivity index (χ1v) is 7.84. The van der Waals surface area contributed by atoms with Crippen LogP contribution in [0.1, 0.15) is 58.6 Å². The Morgan fingerprint density at radius 2 is 1.85 bits per heavy atom. The molecule has 1 nitrogen and oxygen atoms in total. The van der Waals surface area contributed by atoms with E-state index in [0.29, 0.717) is 16.9 Å². The van der Waals surface area contributed by atoms with Crippen molar-refractivity contribution in [3.63, 3.8) is 0 Å². The van der Waals surface area contributed by atoms with E-state index >= 15 is 0 Å². The summed E-state index contributed by atoms with van der Waals surface area (Å²) in [6.07, 6.45) is 4.08. The SMILES string of the molecule is C[C@H](NC1C2(C)CCC(C2)C1(C)C)c1ccc(F)cc1. The molecule has 2 fully saturated rings. The van der Waals surface area contributed by atoms with E-state index in [9.17, 15) is 4.39 Å². The maximum Gasteiger partial charge on any atom is 0.123 e. The van der Waals surface area contributed by atoms with Crippen molar-refractivity contribution in [2.75, 3.05) is 0 Å². The second-order valence-corrected chi connectivity index (χ2v) is 7.79. The number of fused-ring (bicyclic) bond motifs is 2. The molecule has 0 aromatic heterocycles. The zero-order chi connectivity index (χ0) is 14.5. The molecule has 4 atom stereocenters. The Labute approximate surface area is 122 Å². The lowest BCUT2D eigenvalue weighted by Crippen LogP contribution is -2.50. The lowest BCUT2D eigenvalue weighted by Gasteiger charge is -2.44. The third kappa shape index (κ3) is 2.09. The van der Waals surface area contributed by atoms with Gasteiger partial charge in [0.25, 0.3) is 0 Å². The second kappa shape index (κ2) is 4.56. The lowest BCUT2D eigenvalue weighted by atomic mass is 9.68. The molecule has 2 bridgehead atoms. The molecular formula is C18H26FN. The van der Waals surface area contributed by atoms with Crippen LogP contribution in [0.15, 0.2) is 24.3 Å². The molecule has 1 aromatic rings. The van der Waals surface area contributed by atoms with Gasteiger partial charge in [0.05, 0.1) is 0 Å². The molecule has 3 rings (SSSR count). The van der Waals surface area contributed by atoms with Crippen molar-refractivity contribution in [3.05, 3.63) is 35.6 Å². The van der Waals surface area contributed by atoms with E-state index in [0.717, 1.165) is 5.92 Å². The topological polar surface area (TPSA) is 12.0 Å². The number of benzene rings is 1. The van der Waals surface area contributed by atoms with Crippen molar-refractivity contribution in [1.29, 1.82) is 0 Å². The summed E-state index contributed by atoms with van der Waals surface area (Å²) in [6.45, 7) is 9.46. The summed E-state index contributed by atoms with van der Waals surface area (Å²) in [7, 11) is 0. The van der Waals surface area contributed by atoms with Crippen LogP contribution in [0, 0.1) is 22.6 Å². The molecule has 0 spiro atoms. The molecule has 2 aliphatic carbocycles. The fraction of sp³-hybridized carbons (Fsp3) is 0.667. The fourth-order valence-corrected chi connectivity index (χ4v) is 4.82. The number of hydrogen-bond acceptors (Lipinski definition) is 1. The van der Waals surface area contributed by atoms with Crippen LogP contribution >= 0.6 is 0 Å². The molecule has 0 saturated heterocycles. The maximum absolute atomic E-state index is 13.0. The van der Waals surface area contributed by atoms with Gasteiger partial charge in [-0.1, -0.05) is 32.9 Å². The van der Waals surface area contributed by atoms with Gasteiger partial charge in [0, 0.05) is 12.1 Å². The van der Waals surface area contributed by atoms with E-state index in [1.807, 2.05) is 12.1 Å². The molecule has 2 heteroatoms. The van der Waals surface area contributed by atoms with Gasteiger partial charge in [0.2, 0.25) is 0 Å². The molecule has 110 valence electrons. The van der Waals surface area contributed by atoms with Crippen molar-refractivity contribution in [3.8, 4) is 0 Å². The first kappa shape index (κ1) is 14.1. The van der Waals surface area contributed by atoms with Crippen molar-refractivity contribution < 1.29 is 4.39 Å². The third-order valence-corrected chi connectivity index (χ3v) is 6.06. The summed E-state index contributed by atoms with van der Waals surface area (Å²) < 4.78 is 13.0. The summed E-state index contributed by atoms with van der Waals surface area (Å²) in [6, 6.07) is 7.73. The Kier molecular flexibility index (Phi) is 3.20. The lowest BCUT2D eigenvalue weighted by molar-refractivity contribution is 0.100. The standard InChI is InChI=1S/C18H26FN/c1-12(13-5-7-15(19)8-6-13)20-16-17(2,3)14-9-10-18(16,4)11-14/h5-8,12,14,16,20H,9-11H2,1-4H3/t12-,14?,16?,18?/m0/s1. The predicted octanol–water partition coefficient (Wildman–Crippen LogP) is 4.69. The molecule has 3 unspecified atom stereocenters. The van der Waals surface area contributed by atoms with E-state index in [2.05, 4.69) is 33.0 Å². The van der Waals surface area contributed by atoms with Gasteiger partial charge < -0.3 is 5.32 Å². The van der Waals surface area contributed by atoms with Gasteiger partial charge in [-0.05, 0) is 60.6 Å². The minimum Gasteiger partial charge on any atom is -0.306 e. The highest BCUT2D eigenvalue weighted by atomic mass is 19.1. The van der Waals surface area contributed by atoms with Crippen LogP contribution in [0.25, 0.3) is 0 Å². The van der Waals surface area contributed by atoms with Crippen molar-refractivity contribution in [1.82, 2.24) is 5.32 Å². The van der Waals surface area contributed by atoms with E-state index in [1.165, 1.54) is 24.8 Å². The molecule has 1 aromatic carbocycles. The first-order valence-electron chi connectivity index (χ1n) is 7.84. The van der Waals surface area contributed by atoms with Crippen LogP contribution < -0.4 is 5.32 Å². The Balaban J connectivity index is 1.78. The summed E-state index contributed by atoms with van der Waals surface area (Å²) in [5.74, 6) is 0.693. The Hall–Kier alpha value is -0.890. The van der Waals surface area contributed by atoms with Crippen LogP contribution in [0.2, 0.25) is 0 Å². The molecule has 0 aliphatic heterocycles. The highest BCUT2D eigenvalue weighted by Gasteiger charge is 2.59. The van der Waals surface area contributed by atoms with E-state index in [4.69, 9.17) is 0 Å². The zero-order valence-electron chi connectivity index (χ0n) is 13.0. The van der Waals surface area contributed by atoms with E-state index in [1.54, 1.807) is 12.1 Å². The van der Waals surface area contributed by atoms with Gasteiger partial charge in [0.1, 0.15) is 5.82 Å². The largest absolute Gasteiger partial charge is 0.306 e. The molecule has 2 aliphatic rings. The van der Waals surface area contributed by atoms with Gasteiger partial charge in [0.15, 0.2) is 0 Å².